The molecule has 0 heterocycles. The van der Waals surface area contributed by atoms with E-state index in [1.165, 1.54) is 0 Å². The van der Waals surface area contributed by atoms with E-state index in [1.807, 2.05) is 0 Å². The lowest BCUT2D eigenvalue weighted by Crippen LogP contribution is -2.20. The molecular weight excluding hydrogens is 432 g/mol. The molecule has 0 N–H and O–H groups in total. The second-order valence-electron chi connectivity index (χ2n) is 6.83. The molecule has 0 saturated heterocycles. The number of rotatable bonds is 17. The van der Waals surface area contributed by atoms with Gasteiger partial charge in [0, 0.05) is 24.6 Å². The van der Waals surface area contributed by atoms with E-state index in [-0.39, 0.29) is 12.4 Å². The second-order valence-corrected chi connectivity index (χ2v) is 7.62. The number of halogens is 1. The maximum atomic E-state index is 11.9. The lowest BCUT2D eigenvalue weighted by atomic mass is 10.2. The highest BCUT2D eigenvalue weighted by molar-refractivity contribution is 9.09. The number of ether oxygens (including phenoxy) is 3. The molecule has 0 aromatic carbocycles. The van der Waals surface area contributed by atoms with Crippen LogP contribution in [0.2, 0.25) is 0 Å². The molecule has 0 rings (SSSR count). The van der Waals surface area contributed by atoms with Crippen molar-refractivity contribution >= 4 is 21.9 Å². The normalized spacial score (nSPS) is 10.2. The minimum atomic E-state index is -0.484. The van der Waals surface area contributed by atoms with Crippen LogP contribution in [0.1, 0.15) is 90.9 Å². The zero-order chi connectivity index (χ0) is 21.4. The maximum Gasteiger partial charge on any atom is 0.305 e. The van der Waals surface area contributed by atoms with Crippen LogP contribution in [-0.2, 0) is 19.0 Å². The molecule has 0 saturated carbocycles. The fraction of sp³-hybridized carbons (Fsp3) is 0.792. The number of unbranched alkanes of at least 4 members (excludes halogenated alkanes) is 7. The van der Waals surface area contributed by atoms with Crippen LogP contribution < -0.4 is 0 Å². The average molecular weight is 471 g/mol. The highest BCUT2D eigenvalue weighted by Gasteiger charge is 2.12. The van der Waals surface area contributed by atoms with Crippen molar-refractivity contribution < 1.29 is 19.0 Å². The van der Waals surface area contributed by atoms with Crippen molar-refractivity contribution in [3.8, 4) is 23.7 Å². The van der Waals surface area contributed by atoms with Crippen molar-refractivity contribution in [3.63, 3.8) is 0 Å². The summed E-state index contributed by atoms with van der Waals surface area (Å²) < 4.78 is 16.7. The summed E-state index contributed by atoms with van der Waals surface area (Å²) in [5, 5.41) is 1.03. The van der Waals surface area contributed by atoms with Gasteiger partial charge in [-0.2, -0.15) is 0 Å². The predicted octanol–water partition coefficient (Wildman–Crippen LogP) is 6.01. The second kappa shape index (κ2) is 23.3. The van der Waals surface area contributed by atoms with E-state index in [2.05, 4.69) is 53.5 Å². The Hall–Kier alpha value is -1.01. The molecule has 166 valence electrons. The number of esters is 1. The smallest absolute Gasteiger partial charge is 0.305 e. The van der Waals surface area contributed by atoms with Gasteiger partial charge in [-0.05, 0) is 25.7 Å². The first-order chi connectivity index (χ1) is 14.2. The average Bonchev–Trinajstić information content (AvgIpc) is 2.73. The van der Waals surface area contributed by atoms with Crippen molar-refractivity contribution in [2.24, 2.45) is 0 Å². The Morgan fingerprint density at radius 3 is 1.97 bits per heavy atom. The highest BCUT2D eigenvalue weighted by Crippen LogP contribution is 2.07. The number of hydrogen-bond donors (Lipinski definition) is 0. The molecule has 0 spiro atoms. The van der Waals surface area contributed by atoms with E-state index in [4.69, 9.17) is 14.2 Å². The predicted molar refractivity (Wildman–Crippen MR) is 123 cm³/mol. The van der Waals surface area contributed by atoms with Gasteiger partial charge in [0.15, 0.2) is 6.29 Å². The number of carbonyl (C=O) groups is 1. The van der Waals surface area contributed by atoms with Gasteiger partial charge in [0.05, 0.1) is 13.0 Å². The van der Waals surface area contributed by atoms with Crippen LogP contribution in [0.3, 0.4) is 0 Å². The van der Waals surface area contributed by atoms with Crippen LogP contribution in [0.15, 0.2) is 0 Å². The summed E-state index contributed by atoms with van der Waals surface area (Å²) in [6.07, 6.45) is 10.8. The van der Waals surface area contributed by atoms with Gasteiger partial charge in [-0.15, -0.1) is 11.8 Å². The third-order valence-corrected chi connectivity index (χ3v) is 4.68. The van der Waals surface area contributed by atoms with E-state index in [0.29, 0.717) is 26.2 Å². The zero-order valence-electron chi connectivity index (χ0n) is 18.4. The lowest BCUT2D eigenvalue weighted by molar-refractivity contribution is -0.152. The Balaban J connectivity index is 4.17. The van der Waals surface area contributed by atoms with Crippen molar-refractivity contribution in [2.45, 2.75) is 97.2 Å². The molecule has 4 nitrogen and oxygen atoms in total. The molecule has 0 aliphatic carbocycles. The van der Waals surface area contributed by atoms with Gasteiger partial charge in [-0.1, -0.05) is 67.3 Å². The Morgan fingerprint density at radius 1 is 0.828 bits per heavy atom. The van der Waals surface area contributed by atoms with E-state index in [1.54, 1.807) is 0 Å². The van der Waals surface area contributed by atoms with E-state index >= 15 is 0 Å². The van der Waals surface area contributed by atoms with E-state index in [9.17, 15) is 4.79 Å². The van der Waals surface area contributed by atoms with Gasteiger partial charge in [0.1, 0.15) is 13.2 Å². The molecule has 0 bridgehead atoms. The van der Waals surface area contributed by atoms with Crippen LogP contribution in [0, 0.1) is 23.7 Å². The first-order valence-electron chi connectivity index (χ1n) is 11.1. The third-order valence-electron chi connectivity index (χ3n) is 4.12. The quantitative estimate of drug-likeness (QED) is 0.0857. The summed E-state index contributed by atoms with van der Waals surface area (Å²) in [6, 6.07) is 0. The lowest BCUT2D eigenvalue weighted by Gasteiger charge is -2.15. The van der Waals surface area contributed by atoms with Gasteiger partial charge in [0.2, 0.25) is 0 Å². The van der Waals surface area contributed by atoms with Crippen molar-refractivity contribution in [3.05, 3.63) is 0 Å². The first kappa shape index (κ1) is 28.0. The molecule has 5 heteroatoms. The van der Waals surface area contributed by atoms with Crippen LogP contribution in [0.4, 0.5) is 0 Å². The summed E-state index contributed by atoms with van der Waals surface area (Å²) in [5.41, 5.74) is 0. The van der Waals surface area contributed by atoms with Gasteiger partial charge < -0.3 is 14.2 Å². The molecule has 0 fully saturated rings. The molecule has 0 aliphatic heterocycles. The van der Waals surface area contributed by atoms with Gasteiger partial charge in [-0.25, -0.2) is 0 Å². The molecule has 0 unspecified atom stereocenters. The Labute approximate surface area is 187 Å². The molecule has 29 heavy (non-hydrogen) atoms. The molecule has 0 amide bonds. The Morgan fingerprint density at radius 2 is 1.41 bits per heavy atom. The molecule has 0 aliphatic rings. The maximum absolute atomic E-state index is 11.9. The summed E-state index contributed by atoms with van der Waals surface area (Å²) in [4.78, 5) is 11.9. The summed E-state index contributed by atoms with van der Waals surface area (Å²) in [7, 11) is 0. The van der Waals surface area contributed by atoms with Crippen molar-refractivity contribution in [2.75, 3.05) is 25.2 Å². The van der Waals surface area contributed by atoms with Crippen LogP contribution in [-0.4, -0.2) is 37.4 Å². The highest BCUT2D eigenvalue weighted by atomic mass is 79.9. The van der Waals surface area contributed by atoms with Crippen molar-refractivity contribution in [1.29, 1.82) is 0 Å². The third kappa shape index (κ3) is 21.5. The van der Waals surface area contributed by atoms with Crippen LogP contribution >= 0.6 is 15.9 Å². The number of carbonyl (C=O) groups excluding carboxylic acids is 1. The van der Waals surface area contributed by atoms with Gasteiger partial charge >= 0.3 is 5.97 Å². The number of alkyl halides is 1. The van der Waals surface area contributed by atoms with Crippen molar-refractivity contribution in [1.82, 2.24) is 0 Å². The zero-order valence-corrected chi connectivity index (χ0v) is 20.0. The Kier molecular flexibility index (Phi) is 22.5. The molecule has 0 radical (unpaired) electrons. The molecule has 0 aromatic heterocycles. The Bertz CT molecular complexity index is 468. The monoisotopic (exact) mass is 470 g/mol. The summed E-state index contributed by atoms with van der Waals surface area (Å²) in [5.74, 6) is 12.0. The van der Waals surface area contributed by atoms with Gasteiger partial charge in [-0.3, -0.25) is 4.79 Å². The fourth-order valence-electron chi connectivity index (χ4n) is 2.34. The largest absolute Gasteiger partial charge is 0.466 e. The SMILES string of the molecule is CCCCC#CCOC(CCC(=O)OCCCCCCBr)OCC#CCCCC. The minimum Gasteiger partial charge on any atom is -0.466 e. The summed E-state index contributed by atoms with van der Waals surface area (Å²) in [6.45, 7) is 5.39. The van der Waals surface area contributed by atoms with E-state index < -0.39 is 6.29 Å². The fourth-order valence-corrected chi connectivity index (χ4v) is 2.73. The van der Waals surface area contributed by atoms with E-state index in [0.717, 1.165) is 69.5 Å². The topological polar surface area (TPSA) is 44.8 Å². The molecular formula is C24H39BrO4. The molecule has 0 atom stereocenters. The molecule has 0 aromatic rings. The van der Waals surface area contributed by atoms with Crippen LogP contribution in [0.5, 0.6) is 0 Å². The minimum absolute atomic E-state index is 0.203. The van der Waals surface area contributed by atoms with Crippen LogP contribution in [0.25, 0.3) is 0 Å². The first-order valence-corrected chi connectivity index (χ1v) is 12.2. The van der Waals surface area contributed by atoms with Gasteiger partial charge in [0.25, 0.3) is 0 Å². The number of hydrogen-bond acceptors (Lipinski definition) is 4. The summed E-state index contributed by atoms with van der Waals surface area (Å²) >= 11 is 3.42. The standard InChI is InChI=1S/C24H39BrO4/c1-3-5-7-10-15-21-28-24(29-22-16-11-8-6-4-2)18-17-23(26)27-20-14-12-9-13-19-25/h24H,3-9,12-14,17-22H2,1-2H3.